The summed E-state index contributed by atoms with van der Waals surface area (Å²) in [5.74, 6) is -1.96. The molecule has 54 heavy (non-hydrogen) atoms. The van der Waals surface area contributed by atoms with E-state index in [1.54, 1.807) is 121 Å². The van der Waals surface area contributed by atoms with Crippen LogP contribution in [0.4, 0.5) is 0 Å². The summed E-state index contributed by atoms with van der Waals surface area (Å²) in [5.41, 5.74) is 0.347. The van der Waals surface area contributed by atoms with Gasteiger partial charge in [-0.15, -0.1) is 11.8 Å². The molecular formula is C44H48O9S. The van der Waals surface area contributed by atoms with E-state index < -0.39 is 60.3 Å². The molecule has 5 rings (SSSR count). The molecule has 0 N–H and O–H groups in total. The smallest absolute Gasteiger partial charge is 0.338 e. The van der Waals surface area contributed by atoms with Gasteiger partial charge in [0.1, 0.15) is 18.1 Å². The lowest BCUT2D eigenvalue weighted by atomic mass is 10.1. The molecule has 0 aliphatic carbocycles. The molecule has 1 aliphatic rings. The zero-order chi connectivity index (χ0) is 38.0. The number of rotatable bonds is 20. The predicted octanol–water partition coefficient (Wildman–Crippen LogP) is 9.12. The molecular weight excluding hydrogens is 705 g/mol. The largest absolute Gasteiger partial charge is 0.458 e. The van der Waals surface area contributed by atoms with Gasteiger partial charge in [-0.3, -0.25) is 0 Å². The molecule has 9 nitrogen and oxygen atoms in total. The first-order valence-electron chi connectivity index (χ1n) is 18.7. The standard InChI is InChI=1S/C44H48O9S/c1-2-3-4-5-6-7-8-21-30-54-44-39(52-43(48)35-28-19-12-20-29-35)38(51-42(47)34-26-17-11-18-27-34)37(53-44)36(50-41(46)33-24-15-10-16-25-33)31-49-40(45)32-22-13-9-14-23-32/h9-20,22-29,36-39,44H,2-8,21,30-31H2,1H3/t36-,37+,38+,39-,44+/m1/s1. The van der Waals surface area contributed by atoms with Gasteiger partial charge >= 0.3 is 23.9 Å². The first-order chi connectivity index (χ1) is 26.4. The summed E-state index contributed by atoms with van der Waals surface area (Å²) >= 11 is 1.45. The highest BCUT2D eigenvalue weighted by Gasteiger charge is 2.54. The Balaban J connectivity index is 1.43. The minimum atomic E-state index is -1.26. The molecule has 0 aromatic heterocycles. The average molecular weight is 753 g/mol. The van der Waals surface area contributed by atoms with Crippen molar-refractivity contribution < 1.29 is 42.9 Å². The molecule has 0 saturated carbocycles. The minimum absolute atomic E-state index is 0.264. The van der Waals surface area contributed by atoms with E-state index in [1.165, 1.54) is 43.9 Å². The maximum absolute atomic E-state index is 13.7. The van der Waals surface area contributed by atoms with Crippen molar-refractivity contribution in [2.45, 2.75) is 88.1 Å². The highest BCUT2D eigenvalue weighted by molar-refractivity contribution is 7.99. The fourth-order valence-corrected chi connectivity index (χ4v) is 7.31. The lowest BCUT2D eigenvalue weighted by Gasteiger charge is -2.28. The van der Waals surface area contributed by atoms with Gasteiger partial charge in [-0.05, 0) is 60.7 Å². The summed E-state index contributed by atoms with van der Waals surface area (Å²) < 4.78 is 30.6. The van der Waals surface area contributed by atoms with Crippen LogP contribution >= 0.6 is 11.8 Å². The number of thioether (sulfide) groups is 1. The van der Waals surface area contributed by atoms with Gasteiger partial charge in [-0.2, -0.15) is 0 Å². The van der Waals surface area contributed by atoms with Crippen LogP contribution in [0.15, 0.2) is 121 Å². The molecule has 0 radical (unpaired) electrons. The van der Waals surface area contributed by atoms with Gasteiger partial charge in [0.05, 0.1) is 22.3 Å². The summed E-state index contributed by atoms with van der Waals surface area (Å²) in [4.78, 5) is 54.0. The second kappa shape index (κ2) is 21.7. The molecule has 4 aromatic carbocycles. The Kier molecular flexibility index (Phi) is 16.2. The van der Waals surface area contributed by atoms with Crippen LogP contribution in [0.5, 0.6) is 0 Å². The van der Waals surface area contributed by atoms with Crippen molar-refractivity contribution in [3.63, 3.8) is 0 Å². The summed E-state index contributed by atoms with van der Waals surface area (Å²) in [6, 6.07) is 33.8. The van der Waals surface area contributed by atoms with Crippen molar-refractivity contribution in [1.29, 1.82) is 0 Å². The Hall–Kier alpha value is -4.93. The lowest BCUT2D eigenvalue weighted by molar-refractivity contribution is -0.0899. The molecule has 0 amide bonds. The molecule has 5 atom stereocenters. The topological polar surface area (TPSA) is 114 Å². The monoisotopic (exact) mass is 752 g/mol. The Morgan fingerprint density at radius 1 is 0.556 bits per heavy atom. The van der Waals surface area contributed by atoms with Crippen molar-refractivity contribution >= 4 is 35.6 Å². The lowest BCUT2D eigenvalue weighted by Crippen LogP contribution is -2.47. The van der Waals surface area contributed by atoms with Crippen LogP contribution in [-0.4, -0.2) is 66.1 Å². The summed E-state index contributed by atoms with van der Waals surface area (Å²) in [6.45, 7) is 1.78. The van der Waals surface area contributed by atoms with Gasteiger partial charge in [0.25, 0.3) is 0 Å². The third-order valence-corrected chi connectivity index (χ3v) is 10.2. The Morgan fingerprint density at radius 2 is 0.981 bits per heavy atom. The SMILES string of the molecule is CCCCCCCCCCS[C@@H]1O[C@@H]([C@@H](COC(=O)c2ccccc2)OC(=O)c2ccccc2)[C@H](OC(=O)c2ccccc2)[C@H]1OC(=O)c1ccccc1. The second-order valence-corrected chi connectivity index (χ2v) is 14.3. The zero-order valence-electron chi connectivity index (χ0n) is 30.6. The quantitative estimate of drug-likeness (QED) is 0.0492. The number of ether oxygens (including phenoxy) is 5. The number of hydrogen-bond acceptors (Lipinski definition) is 10. The van der Waals surface area contributed by atoms with Gasteiger partial charge in [-0.25, -0.2) is 19.2 Å². The maximum atomic E-state index is 13.7. The molecule has 0 spiro atoms. The molecule has 10 heteroatoms. The van der Waals surface area contributed by atoms with E-state index in [4.69, 9.17) is 23.7 Å². The van der Waals surface area contributed by atoms with Crippen LogP contribution in [0.25, 0.3) is 0 Å². The highest BCUT2D eigenvalue weighted by Crippen LogP contribution is 2.37. The number of carbonyl (C=O) groups is 4. The highest BCUT2D eigenvalue weighted by atomic mass is 32.2. The van der Waals surface area contributed by atoms with E-state index in [0.717, 1.165) is 19.3 Å². The Bertz CT molecular complexity index is 1740. The van der Waals surface area contributed by atoms with Crippen molar-refractivity contribution in [3.8, 4) is 0 Å². The summed E-state index contributed by atoms with van der Waals surface area (Å²) in [7, 11) is 0. The van der Waals surface area contributed by atoms with Crippen molar-refractivity contribution in [3.05, 3.63) is 144 Å². The van der Waals surface area contributed by atoms with Crippen LogP contribution in [0.1, 0.15) is 99.7 Å². The zero-order valence-corrected chi connectivity index (χ0v) is 31.4. The van der Waals surface area contributed by atoms with E-state index in [1.807, 2.05) is 0 Å². The number of carbonyl (C=O) groups excluding carboxylic acids is 4. The third-order valence-electron chi connectivity index (χ3n) is 9.01. The number of unbranched alkanes of at least 4 members (excludes halogenated alkanes) is 7. The van der Waals surface area contributed by atoms with Gasteiger partial charge in [0.2, 0.25) is 0 Å². The van der Waals surface area contributed by atoms with E-state index in [2.05, 4.69) is 6.92 Å². The van der Waals surface area contributed by atoms with Crippen molar-refractivity contribution in [1.82, 2.24) is 0 Å². The average Bonchev–Trinajstić information content (AvgIpc) is 3.55. The normalized spacial score (nSPS) is 18.3. The van der Waals surface area contributed by atoms with E-state index >= 15 is 0 Å². The number of benzene rings is 4. The van der Waals surface area contributed by atoms with Crippen LogP contribution < -0.4 is 0 Å². The summed E-state index contributed by atoms with van der Waals surface area (Å²) in [5, 5.41) is 0. The molecule has 1 aliphatic heterocycles. The molecule has 1 fully saturated rings. The van der Waals surface area contributed by atoms with Crippen LogP contribution in [-0.2, 0) is 23.7 Å². The molecule has 1 saturated heterocycles. The molecule has 0 bridgehead atoms. The number of hydrogen-bond donors (Lipinski definition) is 0. The van der Waals surface area contributed by atoms with Gasteiger partial charge in [0, 0.05) is 0 Å². The van der Waals surface area contributed by atoms with Gasteiger partial charge in [0.15, 0.2) is 18.3 Å². The van der Waals surface area contributed by atoms with Crippen molar-refractivity contribution in [2.75, 3.05) is 12.4 Å². The van der Waals surface area contributed by atoms with E-state index in [9.17, 15) is 19.2 Å². The van der Waals surface area contributed by atoms with E-state index in [0.29, 0.717) is 16.9 Å². The molecule has 284 valence electrons. The van der Waals surface area contributed by atoms with Crippen molar-refractivity contribution in [2.24, 2.45) is 0 Å². The molecule has 1 heterocycles. The fourth-order valence-electron chi connectivity index (χ4n) is 6.10. The van der Waals surface area contributed by atoms with E-state index in [-0.39, 0.29) is 11.1 Å². The van der Waals surface area contributed by atoms with Gasteiger partial charge in [-0.1, -0.05) is 125 Å². The maximum Gasteiger partial charge on any atom is 0.338 e. The third kappa shape index (κ3) is 12.0. The first-order valence-corrected chi connectivity index (χ1v) is 19.8. The molecule has 0 unspecified atom stereocenters. The van der Waals surface area contributed by atoms with Gasteiger partial charge < -0.3 is 23.7 Å². The van der Waals surface area contributed by atoms with Crippen LogP contribution in [0.3, 0.4) is 0 Å². The van der Waals surface area contributed by atoms with Crippen LogP contribution in [0.2, 0.25) is 0 Å². The van der Waals surface area contributed by atoms with Crippen LogP contribution in [0, 0.1) is 0 Å². The fraction of sp³-hybridized carbons (Fsp3) is 0.364. The number of esters is 4. The second-order valence-electron chi connectivity index (χ2n) is 13.1. The summed E-state index contributed by atoms with van der Waals surface area (Å²) in [6.07, 6.45) is 4.37. The Morgan fingerprint density at radius 3 is 1.48 bits per heavy atom. The first kappa shape index (κ1) is 40.3. The molecule has 4 aromatic rings. The predicted molar refractivity (Wildman–Crippen MR) is 207 cm³/mol. The Labute approximate surface area is 321 Å². The minimum Gasteiger partial charge on any atom is -0.458 e.